The highest BCUT2D eigenvalue weighted by atomic mass is 14.9. The molecule has 0 aliphatic carbocycles. The molecule has 0 radical (unpaired) electrons. The minimum Gasteiger partial charge on any atom is -0.346 e. The van der Waals surface area contributed by atoms with Gasteiger partial charge in [-0.05, 0) is 11.1 Å². The summed E-state index contributed by atoms with van der Waals surface area (Å²) in [5, 5.41) is 2.43. The maximum absolute atomic E-state index is 2.43. The Morgan fingerprint density at radius 2 is 1.11 bits per heavy atom. The first-order valence-corrected chi connectivity index (χ1v) is 6.84. The smallest absolute Gasteiger partial charge is 0.0767 e. The van der Waals surface area contributed by atoms with Crippen LogP contribution in [-0.2, 0) is 5.41 Å². The molecule has 0 saturated carbocycles. The van der Waals surface area contributed by atoms with Crippen molar-refractivity contribution in [2.24, 2.45) is 0 Å². The molecule has 0 amide bonds. The molecule has 1 heteroatoms. The molecule has 2 aromatic carbocycles. The number of piperidine rings is 1. The second-order valence-electron chi connectivity index (χ2n) is 5.18. The van der Waals surface area contributed by atoms with Crippen LogP contribution in [0.2, 0.25) is 0 Å². The van der Waals surface area contributed by atoms with Gasteiger partial charge in [0.1, 0.15) is 0 Å². The standard InChI is InChI=1S/C17H19N/c1-3-7-15(8-4-1)17(11-13-18-14-12-17)16-9-5-2-6-10-16/h1-10,18H,11-14H2/p+1. The lowest BCUT2D eigenvalue weighted by atomic mass is 9.68. The van der Waals surface area contributed by atoms with Crippen molar-refractivity contribution < 1.29 is 5.32 Å². The van der Waals surface area contributed by atoms with Crippen LogP contribution in [0.1, 0.15) is 24.0 Å². The van der Waals surface area contributed by atoms with Crippen molar-refractivity contribution in [1.29, 1.82) is 0 Å². The predicted molar refractivity (Wildman–Crippen MR) is 74.6 cm³/mol. The van der Waals surface area contributed by atoms with E-state index >= 15 is 0 Å². The van der Waals surface area contributed by atoms with Gasteiger partial charge in [-0.15, -0.1) is 0 Å². The molecule has 1 nitrogen and oxygen atoms in total. The molecule has 2 aromatic rings. The van der Waals surface area contributed by atoms with Gasteiger partial charge in [-0.3, -0.25) is 0 Å². The molecule has 1 heterocycles. The van der Waals surface area contributed by atoms with E-state index in [2.05, 4.69) is 66.0 Å². The quantitative estimate of drug-likeness (QED) is 0.827. The van der Waals surface area contributed by atoms with Crippen LogP contribution in [0, 0.1) is 0 Å². The second-order valence-corrected chi connectivity index (χ2v) is 5.18. The molecule has 1 aliphatic heterocycles. The number of benzene rings is 2. The van der Waals surface area contributed by atoms with Crippen LogP contribution in [0.5, 0.6) is 0 Å². The Balaban J connectivity index is 2.10. The highest BCUT2D eigenvalue weighted by molar-refractivity contribution is 5.39. The van der Waals surface area contributed by atoms with Crippen molar-refractivity contribution in [1.82, 2.24) is 0 Å². The van der Waals surface area contributed by atoms with Crippen LogP contribution in [-0.4, -0.2) is 13.1 Å². The van der Waals surface area contributed by atoms with Gasteiger partial charge in [-0.1, -0.05) is 60.7 Å². The second kappa shape index (κ2) is 4.95. The van der Waals surface area contributed by atoms with Gasteiger partial charge >= 0.3 is 0 Å². The fourth-order valence-corrected chi connectivity index (χ4v) is 3.22. The van der Waals surface area contributed by atoms with Crippen LogP contribution >= 0.6 is 0 Å². The van der Waals surface area contributed by atoms with Gasteiger partial charge in [-0.2, -0.15) is 0 Å². The number of rotatable bonds is 2. The Morgan fingerprint density at radius 1 is 0.667 bits per heavy atom. The molecule has 0 aromatic heterocycles. The minimum atomic E-state index is 0.233. The Kier molecular flexibility index (Phi) is 3.16. The third-order valence-electron chi connectivity index (χ3n) is 4.20. The summed E-state index contributed by atoms with van der Waals surface area (Å²) in [4.78, 5) is 0. The first kappa shape index (κ1) is 11.5. The highest BCUT2D eigenvalue weighted by Gasteiger charge is 2.36. The SMILES string of the molecule is c1ccc(C2(c3ccccc3)CC[NH2+]CC2)cc1. The van der Waals surface area contributed by atoms with Crippen LogP contribution < -0.4 is 5.32 Å². The molecular weight excluding hydrogens is 218 g/mol. The molecule has 0 spiro atoms. The topological polar surface area (TPSA) is 16.6 Å². The van der Waals surface area contributed by atoms with Crippen molar-refractivity contribution in [2.45, 2.75) is 18.3 Å². The lowest BCUT2D eigenvalue weighted by Gasteiger charge is -2.37. The van der Waals surface area contributed by atoms with Crippen LogP contribution in [0.25, 0.3) is 0 Å². The van der Waals surface area contributed by atoms with E-state index in [4.69, 9.17) is 0 Å². The molecular formula is C17H20N+. The van der Waals surface area contributed by atoms with Crippen LogP contribution in [0.4, 0.5) is 0 Å². The van der Waals surface area contributed by atoms with E-state index in [1.165, 1.54) is 37.1 Å². The van der Waals surface area contributed by atoms with Crippen LogP contribution in [0.15, 0.2) is 60.7 Å². The van der Waals surface area contributed by atoms with Crippen LogP contribution in [0.3, 0.4) is 0 Å². The van der Waals surface area contributed by atoms with Gasteiger partial charge in [-0.25, -0.2) is 0 Å². The van der Waals surface area contributed by atoms with Gasteiger partial charge in [0.05, 0.1) is 13.1 Å². The van der Waals surface area contributed by atoms with Gasteiger partial charge in [0.15, 0.2) is 0 Å². The third kappa shape index (κ3) is 1.95. The molecule has 18 heavy (non-hydrogen) atoms. The first-order valence-electron chi connectivity index (χ1n) is 6.84. The van der Waals surface area contributed by atoms with Crippen molar-refractivity contribution in [2.75, 3.05) is 13.1 Å². The Morgan fingerprint density at radius 3 is 1.56 bits per heavy atom. The highest BCUT2D eigenvalue weighted by Crippen LogP contribution is 2.38. The molecule has 1 saturated heterocycles. The number of hydrogen-bond acceptors (Lipinski definition) is 0. The first-order chi connectivity index (χ1) is 8.92. The third-order valence-corrected chi connectivity index (χ3v) is 4.20. The predicted octanol–water partition coefficient (Wildman–Crippen LogP) is 2.33. The number of quaternary nitrogens is 1. The average Bonchev–Trinajstić information content (AvgIpc) is 2.50. The molecule has 92 valence electrons. The van der Waals surface area contributed by atoms with Crippen molar-refractivity contribution >= 4 is 0 Å². The molecule has 3 rings (SSSR count). The molecule has 0 unspecified atom stereocenters. The lowest BCUT2D eigenvalue weighted by Crippen LogP contribution is -2.87. The van der Waals surface area contributed by atoms with E-state index < -0.39 is 0 Å². The molecule has 1 fully saturated rings. The summed E-state index contributed by atoms with van der Waals surface area (Å²) in [6.07, 6.45) is 2.47. The van der Waals surface area contributed by atoms with E-state index in [1.807, 2.05) is 0 Å². The summed E-state index contributed by atoms with van der Waals surface area (Å²) in [7, 11) is 0. The normalized spacial score (nSPS) is 18.4. The fourth-order valence-electron chi connectivity index (χ4n) is 3.22. The zero-order valence-corrected chi connectivity index (χ0v) is 10.7. The van der Waals surface area contributed by atoms with E-state index in [9.17, 15) is 0 Å². The molecule has 0 atom stereocenters. The maximum Gasteiger partial charge on any atom is 0.0767 e. The van der Waals surface area contributed by atoms with Crippen molar-refractivity contribution in [3.63, 3.8) is 0 Å². The van der Waals surface area contributed by atoms with E-state index in [-0.39, 0.29) is 5.41 Å². The summed E-state index contributed by atoms with van der Waals surface area (Å²) in [5.41, 5.74) is 3.19. The number of nitrogens with two attached hydrogens (primary N) is 1. The van der Waals surface area contributed by atoms with E-state index in [1.54, 1.807) is 0 Å². The summed E-state index contributed by atoms with van der Waals surface area (Å²) in [6.45, 7) is 2.45. The van der Waals surface area contributed by atoms with Gasteiger partial charge in [0, 0.05) is 18.3 Å². The zero-order valence-electron chi connectivity index (χ0n) is 10.7. The monoisotopic (exact) mass is 238 g/mol. The summed E-state index contributed by atoms with van der Waals surface area (Å²) in [6, 6.07) is 22.0. The molecule has 2 N–H and O–H groups in total. The zero-order chi connectivity index (χ0) is 12.3. The van der Waals surface area contributed by atoms with Gasteiger partial charge in [0.25, 0.3) is 0 Å². The van der Waals surface area contributed by atoms with Gasteiger partial charge < -0.3 is 5.32 Å². The molecule has 1 aliphatic rings. The summed E-state index contributed by atoms with van der Waals surface area (Å²) >= 11 is 0. The van der Waals surface area contributed by atoms with Gasteiger partial charge in [0.2, 0.25) is 0 Å². The lowest BCUT2D eigenvalue weighted by molar-refractivity contribution is -0.665. The Hall–Kier alpha value is -1.60. The van der Waals surface area contributed by atoms with Crippen molar-refractivity contribution in [3.8, 4) is 0 Å². The Bertz CT molecular complexity index is 442. The summed E-state index contributed by atoms with van der Waals surface area (Å²) < 4.78 is 0. The fraction of sp³-hybridized carbons (Fsp3) is 0.294. The van der Waals surface area contributed by atoms with E-state index in [0.717, 1.165) is 0 Å². The minimum absolute atomic E-state index is 0.233. The average molecular weight is 238 g/mol. The summed E-state index contributed by atoms with van der Waals surface area (Å²) in [5.74, 6) is 0. The Labute approximate surface area is 109 Å². The van der Waals surface area contributed by atoms with E-state index in [0.29, 0.717) is 0 Å². The molecule has 0 bridgehead atoms. The largest absolute Gasteiger partial charge is 0.346 e. The number of hydrogen-bond donors (Lipinski definition) is 1. The maximum atomic E-state index is 2.43. The van der Waals surface area contributed by atoms with Crippen molar-refractivity contribution in [3.05, 3.63) is 71.8 Å².